The van der Waals surface area contributed by atoms with Gasteiger partial charge in [0.1, 0.15) is 0 Å². The number of nitro groups is 1. The summed E-state index contributed by atoms with van der Waals surface area (Å²) in [6, 6.07) is 15.4. The number of anilines is 1. The number of hydrogen-bond donors (Lipinski definition) is 2. The SMILES string of the molecule is O=[N+]([O-])c1ccc(C=NN(CCO)C(=S)Nc2ccccc2)cc1. The molecule has 0 fully saturated rings. The van der Waals surface area contributed by atoms with Crippen molar-refractivity contribution in [2.24, 2.45) is 5.10 Å². The van der Waals surface area contributed by atoms with Crippen LogP contribution in [0.2, 0.25) is 0 Å². The molecule has 2 aromatic rings. The summed E-state index contributed by atoms with van der Waals surface area (Å²) in [5.41, 5.74) is 1.52. The first-order valence-corrected chi connectivity index (χ1v) is 7.54. The molecular weight excluding hydrogens is 328 g/mol. The van der Waals surface area contributed by atoms with Crippen LogP contribution in [0.25, 0.3) is 0 Å². The second-order valence-corrected chi connectivity index (χ2v) is 5.12. The first-order chi connectivity index (χ1) is 11.6. The Morgan fingerprint density at radius 3 is 2.50 bits per heavy atom. The molecule has 0 radical (unpaired) electrons. The van der Waals surface area contributed by atoms with E-state index in [1.54, 1.807) is 12.1 Å². The number of rotatable bonds is 6. The number of non-ortho nitro benzene ring substituents is 1. The summed E-state index contributed by atoms with van der Waals surface area (Å²) < 4.78 is 0. The zero-order valence-electron chi connectivity index (χ0n) is 12.7. The summed E-state index contributed by atoms with van der Waals surface area (Å²) in [6.45, 7) is 0.107. The maximum Gasteiger partial charge on any atom is 0.269 e. The molecule has 0 bridgehead atoms. The van der Waals surface area contributed by atoms with Crippen LogP contribution in [0.4, 0.5) is 11.4 Å². The van der Waals surface area contributed by atoms with Crippen LogP contribution in [0.1, 0.15) is 5.56 Å². The van der Waals surface area contributed by atoms with Crippen LogP contribution in [0.3, 0.4) is 0 Å². The fraction of sp³-hybridized carbons (Fsp3) is 0.125. The number of hydrogen-bond acceptors (Lipinski definition) is 5. The lowest BCUT2D eigenvalue weighted by atomic mass is 10.2. The van der Waals surface area contributed by atoms with Crippen LogP contribution in [0, 0.1) is 10.1 Å². The summed E-state index contributed by atoms with van der Waals surface area (Å²) >= 11 is 5.29. The lowest BCUT2D eigenvalue weighted by Crippen LogP contribution is -2.32. The lowest BCUT2D eigenvalue weighted by Gasteiger charge is -2.19. The van der Waals surface area contributed by atoms with E-state index >= 15 is 0 Å². The second kappa shape index (κ2) is 8.70. The molecule has 0 unspecified atom stereocenters. The average Bonchev–Trinajstić information content (AvgIpc) is 2.59. The van der Waals surface area contributed by atoms with Crippen molar-refractivity contribution in [3.05, 3.63) is 70.3 Å². The van der Waals surface area contributed by atoms with Crippen molar-refractivity contribution in [2.75, 3.05) is 18.5 Å². The Bertz CT molecular complexity index is 720. The third-order valence-electron chi connectivity index (χ3n) is 3.02. The first kappa shape index (κ1) is 17.5. The van der Waals surface area contributed by atoms with E-state index in [-0.39, 0.29) is 18.8 Å². The summed E-state index contributed by atoms with van der Waals surface area (Å²) in [5.74, 6) is 0. The molecule has 0 spiro atoms. The number of nitrogens with zero attached hydrogens (tertiary/aromatic N) is 3. The van der Waals surface area contributed by atoms with Crippen molar-refractivity contribution in [1.29, 1.82) is 0 Å². The number of thiocarbonyl (C=S) groups is 1. The van der Waals surface area contributed by atoms with Crippen molar-refractivity contribution in [3.63, 3.8) is 0 Å². The maximum absolute atomic E-state index is 10.6. The number of aliphatic hydroxyl groups is 1. The predicted molar refractivity (Wildman–Crippen MR) is 97.1 cm³/mol. The van der Waals surface area contributed by atoms with Crippen molar-refractivity contribution >= 4 is 34.9 Å². The quantitative estimate of drug-likeness (QED) is 0.362. The van der Waals surface area contributed by atoms with E-state index < -0.39 is 4.92 Å². The van der Waals surface area contributed by atoms with Crippen LogP contribution in [-0.2, 0) is 0 Å². The Labute approximate surface area is 144 Å². The summed E-state index contributed by atoms with van der Waals surface area (Å²) in [4.78, 5) is 10.2. The molecule has 0 aromatic heterocycles. The summed E-state index contributed by atoms with van der Waals surface area (Å²) in [6.07, 6.45) is 1.53. The van der Waals surface area contributed by atoms with Crippen LogP contribution in [-0.4, -0.2) is 39.5 Å². The lowest BCUT2D eigenvalue weighted by molar-refractivity contribution is -0.384. The Balaban J connectivity index is 2.06. The fourth-order valence-electron chi connectivity index (χ4n) is 1.83. The van der Waals surface area contributed by atoms with Gasteiger partial charge in [0.15, 0.2) is 5.11 Å². The van der Waals surface area contributed by atoms with Gasteiger partial charge in [-0.05, 0) is 42.0 Å². The predicted octanol–water partition coefficient (Wildman–Crippen LogP) is 2.62. The number of aliphatic hydroxyl groups excluding tert-OH is 1. The van der Waals surface area contributed by atoms with E-state index in [9.17, 15) is 10.1 Å². The number of nitrogens with one attached hydrogen (secondary N) is 1. The van der Waals surface area contributed by atoms with Gasteiger partial charge < -0.3 is 10.4 Å². The van der Waals surface area contributed by atoms with Gasteiger partial charge in [-0.15, -0.1) is 0 Å². The van der Waals surface area contributed by atoms with Gasteiger partial charge in [0.2, 0.25) is 0 Å². The Morgan fingerprint density at radius 2 is 1.92 bits per heavy atom. The van der Waals surface area contributed by atoms with Crippen molar-refractivity contribution in [3.8, 4) is 0 Å². The van der Waals surface area contributed by atoms with Gasteiger partial charge in [-0.3, -0.25) is 10.1 Å². The fourth-order valence-corrected chi connectivity index (χ4v) is 2.09. The van der Waals surface area contributed by atoms with Gasteiger partial charge in [-0.2, -0.15) is 5.10 Å². The van der Waals surface area contributed by atoms with Gasteiger partial charge in [-0.25, -0.2) is 5.01 Å². The Morgan fingerprint density at radius 1 is 1.25 bits per heavy atom. The molecule has 0 saturated carbocycles. The smallest absolute Gasteiger partial charge is 0.269 e. The van der Waals surface area contributed by atoms with E-state index in [2.05, 4.69) is 10.4 Å². The molecule has 8 heteroatoms. The minimum absolute atomic E-state index is 0.0145. The maximum atomic E-state index is 10.6. The second-order valence-electron chi connectivity index (χ2n) is 4.74. The normalized spacial score (nSPS) is 10.5. The van der Waals surface area contributed by atoms with Crippen molar-refractivity contribution in [2.45, 2.75) is 0 Å². The van der Waals surface area contributed by atoms with E-state index in [0.29, 0.717) is 10.7 Å². The van der Waals surface area contributed by atoms with Gasteiger partial charge >= 0.3 is 0 Å². The zero-order chi connectivity index (χ0) is 17.4. The molecule has 0 aliphatic rings. The Kier molecular flexibility index (Phi) is 6.35. The van der Waals surface area contributed by atoms with Crippen LogP contribution < -0.4 is 5.32 Å². The highest BCUT2D eigenvalue weighted by Gasteiger charge is 2.08. The summed E-state index contributed by atoms with van der Waals surface area (Å²) in [5, 5.41) is 28.9. The first-order valence-electron chi connectivity index (χ1n) is 7.13. The molecule has 0 amide bonds. The number of benzene rings is 2. The highest BCUT2D eigenvalue weighted by Crippen LogP contribution is 2.11. The highest BCUT2D eigenvalue weighted by atomic mass is 32.1. The summed E-state index contributed by atoms with van der Waals surface area (Å²) in [7, 11) is 0. The third kappa shape index (κ3) is 5.11. The molecule has 0 aliphatic heterocycles. The number of para-hydroxylation sites is 1. The van der Waals surface area contributed by atoms with E-state index in [1.165, 1.54) is 23.4 Å². The van der Waals surface area contributed by atoms with Crippen LogP contribution >= 0.6 is 12.2 Å². The van der Waals surface area contributed by atoms with E-state index in [0.717, 1.165) is 5.69 Å². The molecule has 124 valence electrons. The molecule has 0 atom stereocenters. The van der Waals surface area contributed by atoms with Crippen LogP contribution in [0.5, 0.6) is 0 Å². The highest BCUT2D eigenvalue weighted by molar-refractivity contribution is 7.80. The average molecular weight is 344 g/mol. The molecule has 0 saturated heterocycles. The molecule has 0 heterocycles. The molecule has 2 N–H and O–H groups in total. The molecule has 7 nitrogen and oxygen atoms in total. The molecular formula is C16H16N4O3S. The van der Waals surface area contributed by atoms with Gasteiger partial charge in [0, 0.05) is 17.8 Å². The minimum Gasteiger partial charge on any atom is -0.394 e. The van der Waals surface area contributed by atoms with Crippen molar-refractivity contribution < 1.29 is 10.0 Å². The third-order valence-corrected chi connectivity index (χ3v) is 3.33. The minimum atomic E-state index is -0.460. The van der Waals surface area contributed by atoms with Gasteiger partial charge in [0.25, 0.3) is 5.69 Å². The molecule has 2 aromatic carbocycles. The zero-order valence-corrected chi connectivity index (χ0v) is 13.5. The number of nitro benzene ring substituents is 1. The monoisotopic (exact) mass is 344 g/mol. The molecule has 24 heavy (non-hydrogen) atoms. The molecule has 2 rings (SSSR count). The van der Waals surface area contributed by atoms with E-state index in [4.69, 9.17) is 17.3 Å². The largest absolute Gasteiger partial charge is 0.394 e. The van der Waals surface area contributed by atoms with Crippen LogP contribution in [0.15, 0.2) is 59.7 Å². The van der Waals surface area contributed by atoms with Gasteiger partial charge in [0.05, 0.1) is 24.3 Å². The standard InChI is InChI=1S/C16H16N4O3S/c21-11-10-19(16(24)18-14-4-2-1-3-5-14)17-12-13-6-8-15(9-7-13)20(22)23/h1-9,12,21H,10-11H2,(H,18,24). The number of hydrazone groups is 1. The Hall–Kier alpha value is -2.84. The van der Waals surface area contributed by atoms with Crippen molar-refractivity contribution in [1.82, 2.24) is 5.01 Å². The molecule has 0 aliphatic carbocycles. The van der Waals surface area contributed by atoms with Gasteiger partial charge in [-0.1, -0.05) is 18.2 Å². The van der Waals surface area contributed by atoms with E-state index in [1.807, 2.05) is 30.3 Å². The topological polar surface area (TPSA) is 91.0 Å².